The van der Waals surface area contributed by atoms with Crippen molar-refractivity contribution in [2.45, 2.75) is 57.3 Å². The number of carboxylic acids is 2. The van der Waals surface area contributed by atoms with Crippen LogP contribution < -0.4 is 10.2 Å². The smallest absolute Gasteiger partial charge is 0.549 e. The third-order valence-electron chi connectivity index (χ3n) is 3.87. The topological polar surface area (TPSA) is 80.3 Å². The molecule has 1 rings (SSSR count). The molecule has 0 saturated heterocycles. The Bertz CT molecular complexity index is 445. The van der Waals surface area contributed by atoms with Crippen molar-refractivity contribution < 1.29 is 19.8 Å². The minimum Gasteiger partial charge on any atom is -0.549 e. The van der Waals surface area contributed by atoms with E-state index >= 15 is 0 Å². The van der Waals surface area contributed by atoms with Gasteiger partial charge in [0.2, 0.25) is 0 Å². The number of hydrogen-bond acceptors (Lipinski definition) is 4. The van der Waals surface area contributed by atoms with Crippen LogP contribution in [0.5, 0.6) is 0 Å². The molecule has 0 bridgehead atoms. The summed E-state index contributed by atoms with van der Waals surface area (Å²) in [6.07, 6.45) is 5.70. The van der Waals surface area contributed by atoms with E-state index in [1.807, 2.05) is 0 Å². The molecule has 0 radical (unpaired) electrons. The summed E-state index contributed by atoms with van der Waals surface area (Å²) in [5, 5.41) is 23.0. The second-order valence-corrected chi connectivity index (χ2v) is 5.36. The van der Waals surface area contributed by atoms with Crippen LogP contribution in [0.3, 0.4) is 0 Å². The molecule has 0 aliphatic carbocycles. The van der Waals surface area contributed by atoms with Gasteiger partial charge in [-0.15, -0.1) is 0 Å². The summed E-state index contributed by atoms with van der Waals surface area (Å²) in [4.78, 5) is 23.0. The molecular formula is C17H22CaO4. The van der Waals surface area contributed by atoms with Gasteiger partial charge in [0.05, 0.1) is 17.4 Å². The molecule has 0 fully saturated rings. The van der Waals surface area contributed by atoms with E-state index in [0.717, 1.165) is 32.1 Å². The minimum absolute atomic E-state index is 0. The second kappa shape index (κ2) is 11.0. The number of hydrogen-bond donors (Lipinski definition) is 0. The zero-order valence-electron chi connectivity index (χ0n) is 13.2. The van der Waals surface area contributed by atoms with Crippen LogP contribution in [0.15, 0.2) is 30.3 Å². The van der Waals surface area contributed by atoms with Crippen LogP contribution in [0.2, 0.25) is 0 Å². The summed E-state index contributed by atoms with van der Waals surface area (Å²) >= 11 is 0. The Morgan fingerprint density at radius 1 is 0.909 bits per heavy atom. The van der Waals surface area contributed by atoms with E-state index in [1.165, 1.54) is 12.1 Å². The SMILES string of the molecule is CCCCCCCCC(C(=O)[O-])(C(=O)[O-])c1ccccc1.[Ca+2]. The fourth-order valence-corrected chi connectivity index (χ4v) is 2.56. The van der Waals surface area contributed by atoms with Crippen LogP contribution in [-0.2, 0) is 15.0 Å². The fraction of sp³-hybridized carbons (Fsp3) is 0.529. The van der Waals surface area contributed by atoms with E-state index in [1.54, 1.807) is 18.2 Å². The molecule has 0 saturated carbocycles. The Morgan fingerprint density at radius 2 is 1.41 bits per heavy atom. The molecule has 0 atom stereocenters. The molecule has 0 N–H and O–H groups in total. The van der Waals surface area contributed by atoms with Gasteiger partial charge in [-0.3, -0.25) is 0 Å². The first-order valence-corrected chi connectivity index (χ1v) is 7.54. The summed E-state index contributed by atoms with van der Waals surface area (Å²) in [5.41, 5.74) is -1.83. The Balaban J connectivity index is 0.00000441. The van der Waals surface area contributed by atoms with Crippen LogP contribution in [0.25, 0.3) is 0 Å². The molecule has 5 heteroatoms. The molecule has 0 aliphatic heterocycles. The number of carboxylic acid groups (broad SMARTS) is 2. The molecule has 22 heavy (non-hydrogen) atoms. The molecule has 4 nitrogen and oxygen atoms in total. The van der Waals surface area contributed by atoms with E-state index < -0.39 is 17.4 Å². The monoisotopic (exact) mass is 330 g/mol. The van der Waals surface area contributed by atoms with Crippen LogP contribution in [0.1, 0.15) is 57.4 Å². The van der Waals surface area contributed by atoms with Crippen molar-refractivity contribution in [3.05, 3.63) is 35.9 Å². The van der Waals surface area contributed by atoms with Crippen LogP contribution in [0, 0.1) is 0 Å². The molecule has 116 valence electrons. The van der Waals surface area contributed by atoms with Crippen molar-refractivity contribution in [1.29, 1.82) is 0 Å². The summed E-state index contributed by atoms with van der Waals surface area (Å²) in [6, 6.07) is 7.96. The van der Waals surface area contributed by atoms with Gasteiger partial charge in [0.1, 0.15) is 0 Å². The van der Waals surface area contributed by atoms with Crippen LogP contribution in [0.4, 0.5) is 0 Å². The normalized spacial score (nSPS) is 10.8. The number of aliphatic carboxylic acids is 2. The first-order chi connectivity index (χ1) is 10.1. The summed E-state index contributed by atoms with van der Waals surface area (Å²) in [5.74, 6) is -3.19. The van der Waals surface area contributed by atoms with Crippen molar-refractivity contribution in [1.82, 2.24) is 0 Å². The van der Waals surface area contributed by atoms with Crippen LogP contribution >= 0.6 is 0 Å². The summed E-state index contributed by atoms with van der Waals surface area (Å²) in [6.45, 7) is 2.12. The summed E-state index contributed by atoms with van der Waals surface area (Å²) in [7, 11) is 0. The van der Waals surface area contributed by atoms with Gasteiger partial charge in [-0.25, -0.2) is 0 Å². The average molecular weight is 330 g/mol. The number of rotatable bonds is 10. The van der Waals surface area contributed by atoms with Crippen molar-refractivity contribution in [2.24, 2.45) is 0 Å². The van der Waals surface area contributed by atoms with E-state index in [2.05, 4.69) is 6.92 Å². The zero-order valence-corrected chi connectivity index (χ0v) is 15.4. The zero-order chi connectivity index (χ0) is 15.7. The maximum atomic E-state index is 11.5. The molecule has 0 spiro atoms. The predicted octanol–water partition coefficient (Wildman–Crippen LogP) is 0.794. The van der Waals surface area contributed by atoms with E-state index in [0.29, 0.717) is 6.42 Å². The van der Waals surface area contributed by atoms with Gasteiger partial charge in [0.25, 0.3) is 0 Å². The van der Waals surface area contributed by atoms with E-state index in [4.69, 9.17) is 0 Å². The van der Waals surface area contributed by atoms with Crippen LogP contribution in [-0.4, -0.2) is 49.7 Å². The standard InChI is InChI=1S/C17H24O4.Ca/c1-2-3-4-5-6-10-13-17(15(18)19,16(20)21)14-11-8-7-9-12-14;/h7-9,11-12H,2-6,10,13H2,1H3,(H,18,19)(H,20,21);/q;+2/p-2. The van der Waals surface area contributed by atoms with Gasteiger partial charge in [-0.2, -0.15) is 0 Å². The second-order valence-electron chi connectivity index (χ2n) is 5.36. The number of carbonyl (C=O) groups excluding carboxylic acids is 2. The molecule has 0 heterocycles. The number of unbranched alkanes of at least 4 members (excludes halogenated alkanes) is 5. The molecule has 1 aromatic rings. The van der Waals surface area contributed by atoms with Gasteiger partial charge in [0.15, 0.2) is 0 Å². The van der Waals surface area contributed by atoms with E-state index in [-0.39, 0.29) is 49.7 Å². The Kier molecular flexibility index (Phi) is 10.7. The van der Waals surface area contributed by atoms with Gasteiger partial charge < -0.3 is 19.8 Å². The molecule has 0 amide bonds. The van der Waals surface area contributed by atoms with Crippen molar-refractivity contribution >= 4 is 49.7 Å². The molecule has 0 unspecified atom stereocenters. The molecule has 0 aliphatic rings. The Labute approximate surface area is 161 Å². The third-order valence-corrected chi connectivity index (χ3v) is 3.87. The Morgan fingerprint density at radius 3 is 1.91 bits per heavy atom. The minimum atomic E-state index is -2.05. The van der Waals surface area contributed by atoms with Crippen molar-refractivity contribution in [3.8, 4) is 0 Å². The van der Waals surface area contributed by atoms with E-state index in [9.17, 15) is 19.8 Å². The summed E-state index contributed by atoms with van der Waals surface area (Å²) < 4.78 is 0. The largest absolute Gasteiger partial charge is 2.00 e. The van der Waals surface area contributed by atoms with Gasteiger partial charge in [0, 0.05) is 0 Å². The maximum Gasteiger partial charge on any atom is 2.00 e. The average Bonchev–Trinajstić information content (AvgIpc) is 2.47. The fourth-order valence-electron chi connectivity index (χ4n) is 2.56. The third kappa shape index (κ3) is 5.56. The van der Waals surface area contributed by atoms with Crippen molar-refractivity contribution in [3.63, 3.8) is 0 Å². The molecule has 0 aromatic heterocycles. The van der Waals surface area contributed by atoms with Gasteiger partial charge in [-0.1, -0.05) is 75.8 Å². The van der Waals surface area contributed by atoms with Gasteiger partial charge >= 0.3 is 37.7 Å². The van der Waals surface area contributed by atoms with Crippen molar-refractivity contribution in [2.75, 3.05) is 0 Å². The number of benzene rings is 1. The quantitative estimate of drug-likeness (QED) is 0.361. The molecule has 1 aromatic carbocycles. The predicted molar refractivity (Wildman–Crippen MR) is 81.9 cm³/mol. The maximum absolute atomic E-state index is 11.5. The first kappa shape index (κ1) is 21.4. The van der Waals surface area contributed by atoms with Gasteiger partial charge in [-0.05, 0) is 12.0 Å². The molecular weight excluding hydrogens is 308 g/mol. The Hall–Kier alpha value is -0.580. The first-order valence-electron chi connectivity index (χ1n) is 7.54. The number of carbonyl (C=O) groups is 2.